The molecule has 1 saturated carbocycles. The summed E-state index contributed by atoms with van der Waals surface area (Å²) in [5, 5.41) is 9.30. The average molecular weight is 411 g/mol. The molecular weight excluding hydrogens is 384 g/mol. The molecule has 0 unspecified atom stereocenters. The minimum atomic E-state index is -0.0844. The van der Waals surface area contributed by atoms with Gasteiger partial charge in [0.05, 0.1) is 0 Å². The van der Waals surface area contributed by atoms with E-state index >= 15 is 0 Å². The number of halogens is 1. The van der Waals surface area contributed by atoms with Crippen LogP contribution in [0.3, 0.4) is 0 Å². The zero-order chi connectivity index (χ0) is 17.9. The van der Waals surface area contributed by atoms with Gasteiger partial charge in [-0.1, -0.05) is 22.0 Å². The molecule has 1 aliphatic carbocycles. The van der Waals surface area contributed by atoms with E-state index in [1.165, 1.54) is 12.8 Å². The lowest BCUT2D eigenvalue weighted by atomic mass is 10.2. The lowest BCUT2D eigenvalue weighted by molar-refractivity contribution is 0.0954. The summed E-state index contributed by atoms with van der Waals surface area (Å²) in [4.78, 5) is 16.2. The van der Waals surface area contributed by atoms with Crippen molar-refractivity contribution in [2.75, 3.05) is 39.9 Å². The number of aliphatic imine (C=N–C) groups is 1. The van der Waals surface area contributed by atoms with E-state index in [1.807, 2.05) is 12.1 Å². The van der Waals surface area contributed by atoms with E-state index < -0.39 is 0 Å². The molecule has 3 N–H and O–H groups in total. The molecule has 2 rings (SSSR count). The standard InChI is InChI=1S/C18H27BrN4O2/c1-20-18(22-8-3-11-25-13-14-6-7-14)23-10-9-21-17(24)15-4-2-5-16(19)12-15/h2,4-5,12,14H,3,6-11,13H2,1H3,(H,21,24)(H2,20,22,23). The number of nitrogens with zero attached hydrogens (tertiary/aromatic N) is 1. The molecule has 6 nitrogen and oxygen atoms in total. The van der Waals surface area contributed by atoms with E-state index in [1.54, 1.807) is 19.2 Å². The molecule has 7 heteroatoms. The summed E-state index contributed by atoms with van der Waals surface area (Å²) < 4.78 is 6.49. The summed E-state index contributed by atoms with van der Waals surface area (Å²) in [6.45, 7) is 3.64. The fourth-order valence-corrected chi connectivity index (χ4v) is 2.62. The van der Waals surface area contributed by atoms with Crippen molar-refractivity contribution in [1.29, 1.82) is 0 Å². The van der Waals surface area contributed by atoms with Crippen molar-refractivity contribution in [3.8, 4) is 0 Å². The molecule has 0 radical (unpaired) electrons. The number of amides is 1. The van der Waals surface area contributed by atoms with Gasteiger partial charge in [0.1, 0.15) is 0 Å². The minimum absolute atomic E-state index is 0.0844. The van der Waals surface area contributed by atoms with Crippen molar-refractivity contribution in [1.82, 2.24) is 16.0 Å². The van der Waals surface area contributed by atoms with Crippen LogP contribution in [0.5, 0.6) is 0 Å². The molecule has 138 valence electrons. The van der Waals surface area contributed by atoms with Gasteiger partial charge in [-0.3, -0.25) is 9.79 Å². The van der Waals surface area contributed by atoms with Crippen LogP contribution in [0.1, 0.15) is 29.6 Å². The van der Waals surface area contributed by atoms with Gasteiger partial charge in [-0.05, 0) is 43.4 Å². The third-order valence-corrected chi connectivity index (χ3v) is 4.32. The molecule has 0 saturated heterocycles. The second-order valence-electron chi connectivity index (χ2n) is 6.06. The van der Waals surface area contributed by atoms with Crippen molar-refractivity contribution in [2.45, 2.75) is 19.3 Å². The first-order valence-electron chi connectivity index (χ1n) is 8.75. The lowest BCUT2D eigenvalue weighted by Crippen LogP contribution is -2.42. The Kier molecular flexibility index (Phi) is 8.76. The molecule has 25 heavy (non-hydrogen) atoms. The van der Waals surface area contributed by atoms with Gasteiger partial charge in [0, 0.05) is 49.9 Å². The zero-order valence-electron chi connectivity index (χ0n) is 14.7. The van der Waals surface area contributed by atoms with Gasteiger partial charge in [-0.2, -0.15) is 0 Å². The van der Waals surface area contributed by atoms with Gasteiger partial charge in [0.2, 0.25) is 0 Å². The van der Waals surface area contributed by atoms with E-state index in [-0.39, 0.29) is 5.91 Å². The maximum Gasteiger partial charge on any atom is 0.251 e. The van der Waals surface area contributed by atoms with Crippen molar-refractivity contribution in [3.05, 3.63) is 34.3 Å². The zero-order valence-corrected chi connectivity index (χ0v) is 16.3. The van der Waals surface area contributed by atoms with E-state index in [9.17, 15) is 4.79 Å². The highest BCUT2D eigenvalue weighted by Gasteiger charge is 2.20. The van der Waals surface area contributed by atoms with Crippen molar-refractivity contribution in [2.24, 2.45) is 10.9 Å². The van der Waals surface area contributed by atoms with Crippen LogP contribution in [-0.4, -0.2) is 51.8 Å². The molecule has 0 bridgehead atoms. The summed E-state index contributed by atoms with van der Waals surface area (Å²) in [7, 11) is 1.74. The maximum atomic E-state index is 12.0. The number of carbonyl (C=O) groups is 1. The lowest BCUT2D eigenvalue weighted by Gasteiger charge is -2.12. The van der Waals surface area contributed by atoms with Gasteiger partial charge >= 0.3 is 0 Å². The maximum absolute atomic E-state index is 12.0. The molecule has 0 atom stereocenters. The Bertz CT molecular complexity index is 576. The number of nitrogens with one attached hydrogen (secondary N) is 3. The van der Waals surface area contributed by atoms with Crippen LogP contribution in [0.2, 0.25) is 0 Å². The SMILES string of the molecule is CN=C(NCCCOCC1CC1)NCCNC(=O)c1cccc(Br)c1. The summed E-state index contributed by atoms with van der Waals surface area (Å²) in [5.41, 5.74) is 0.642. The molecule has 1 aliphatic rings. The number of ether oxygens (including phenoxy) is 1. The quantitative estimate of drug-likeness (QED) is 0.313. The Balaban J connectivity index is 1.52. The van der Waals surface area contributed by atoms with Crippen LogP contribution >= 0.6 is 15.9 Å². The molecule has 0 heterocycles. The normalized spacial score (nSPS) is 14.2. The Morgan fingerprint density at radius 2 is 2.00 bits per heavy atom. The smallest absolute Gasteiger partial charge is 0.251 e. The van der Waals surface area contributed by atoms with Crippen molar-refractivity contribution >= 4 is 27.8 Å². The molecule has 1 fully saturated rings. The first-order chi connectivity index (χ1) is 12.2. The topological polar surface area (TPSA) is 74.8 Å². The van der Waals surface area contributed by atoms with Crippen LogP contribution in [0.25, 0.3) is 0 Å². The van der Waals surface area contributed by atoms with Crippen LogP contribution in [0, 0.1) is 5.92 Å². The summed E-state index contributed by atoms with van der Waals surface area (Å²) >= 11 is 3.37. The predicted molar refractivity (Wildman–Crippen MR) is 104 cm³/mol. The second-order valence-corrected chi connectivity index (χ2v) is 6.98. The third kappa shape index (κ3) is 8.36. The molecule has 0 aromatic heterocycles. The number of hydrogen-bond acceptors (Lipinski definition) is 3. The Labute approximate surface area is 157 Å². The van der Waals surface area contributed by atoms with E-state index in [2.05, 4.69) is 36.9 Å². The van der Waals surface area contributed by atoms with Crippen molar-refractivity contribution in [3.63, 3.8) is 0 Å². The second kappa shape index (κ2) is 11.1. The molecular formula is C18H27BrN4O2. The first kappa shape index (κ1) is 19.7. The highest BCUT2D eigenvalue weighted by atomic mass is 79.9. The van der Waals surface area contributed by atoms with E-state index in [4.69, 9.17) is 4.74 Å². The van der Waals surface area contributed by atoms with Crippen LogP contribution in [0.15, 0.2) is 33.7 Å². The average Bonchev–Trinajstić information content (AvgIpc) is 3.43. The molecule has 1 aromatic rings. The summed E-state index contributed by atoms with van der Waals surface area (Å²) in [5.74, 6) is 1.47. The highest BCUT2D eigenvalue weighted by Crippen LogP contribution is 2.28. The Hall–Kier alpha value is -1.60. The van der Waals surface area contributed by atoms with Gasteiger partial charge in [-0.15, -0.1) is 0 Å². The minimum Gasteiger partial charge on any atom is -0.381 e. The third-order valence-electron chi connectivity index (χ3n) is 3.82. The molecule has 1 amide bonds. The fourth-order valence-electron chi connectivity index (χ4n) is 2.22. The highest BCUT2D eigenvalue weighted by molar-refractivity contribution is 9.10. The number of rotatable bonds is 10. The van der Waals surface area contributed by atoms with Crippen molar-refractivity contribution < 1.29 is 9.53 Å². The van der Waals surface area contributed by atoms with Gasteiger partial charge in [0.25, 0.3) is 5.91 Å². The monoisotopic (exact) mass is 410 g/mol. The van der Waals surface area contributed by atoms with Crippen LogP contribution in [-0.2, 0) is 4.74 Å². The summed E-state index contributed by atoms with van der Waals surface area (Å²) in [6, 6.07) is 7.33. The number of carbonyl (C=O) groups excluding carboxylic acids is 1. The molecule has 0 spiro atoms. The molecule has 0 aliphatic heterocycles. The Morgan fingerprint density at radius 3 is 2.72 bits per heavy atom. The fraction of sp³-hybridized carbons (Fsp3) is 0.556. The Morgan fingerprint density at radius 1 is 1.24 bits per heavy atom. The largest absolute Gasteiger partial charge is 0.381 e. The van der Waals surface area contributed by atoms with Crippen LogP contribution in [0.4, 0.5) is 0 Å². The van der Waals surface area contributed by atoms with E-state index in [0.717, 1.165) is 42.5 Å². The number of hydrogen-bond donors (Lipinski definition) is 3. The van der Waals surface area contributed by atoms with Gasteiger partial charge in [-0.25, -0.2) is 0 Å². The van der Waals surface area contributed by atoms with E-state index in [0.29, 0.717) is 18.7 Å². The number of guanidine groups is 1. The molecule has 1 aromatic carbocycles. The number of benzene rings is 1. The first-order valence-corrected chi connectivity index (χ1v) is 9.54. The predicted octanol–water partition coefficient (Wildman–Crippen LogP) is 2.16. The van der Waals surface area contributed by atoms with Gasteiger partial charge in [0.15, 0.2) is 5.96 Å². The van der Waals surface area contributed by atoms with Crippen LogP contribution < -0.4 is 16.0 Å². The van der Waals surface area contributed by atoms with Gasteiger partial charge < -0.3 is 20.7 Å². The summed E-state index contributed by atoms with van der Waals surface area (Å²) in [6.07, 6.45) is 3.60.